The van der Waals surface area contributed by atoms with Crippen LogP contribution in [0.25, 0.3) is 0 Å². The molecule has 1 aromatic rings. The Kier molecular flexibility index (Phi) is 8.27. The zero-order valence-corrected chi connectivity index (χ0v) is 18.3. The third-order valence-corrected chi connectivity index (χ3v) is 4.62. The summed E-state index contributed by atoms with van der Waals surface area (Å²) in [5.41, 5.74) is 0.955. The molecule has 2 N–H and O–H groups in total. The van der Waals surface area contributed by atoms with Gasteiger partial charge in [0.1, 0.15) is 0 Å². The van der Waals surface area contributed by atoms with Gasteiger partial charge in [0.15, 0.2) is 17.5 Å². The average Bonchev–Trinajstić information content (AvgIpc) is 3.41. The van der Waals surface area contributed by atoms with Crippen LogP contribution in [0, 0.1) is 5.92 Å². The monoisotopic (exact) mass is 474 g/mol. The van der Waals surface area contributed by atoms with Gasteiger partial charge in [-0.2, -0.15) is 0 Å². The van der Waals surface area contributed by atoms with Crippen molar-refractivity contribution in [3.05, 3.63) is 18.2 Å². The predicted molar refractivity (Wildman–Crippen MR) is 117 cm³/mol. The van der Waals surface area contributed by atoms with Gasteiger partial charge in [0.05, 0.1) is 19.8 Å². The first-order valence-electron chi connectivity index (χ1n) is 9.28. The summed E-state index contributed by atoms with van der Waals surface area (Å²) in [5.74, 6) is 3.21. The largest absolute Gasteiger partial charge is 0.490 e. The van der Waals surface area contributed by atoms with Crippen molar-refractivity contribution in [2.24, 2.45) is 10.9 Å². The lowest BCUT2D eigenvalue weighted by molar-refractivity contribution is 0.271. The number of likely N-dealkylation sites (N-methyl/N-ethyl adjacent to an activating group) is 1. The summed E-state index contributed by atoms with van der Waals surface area (Å²) in [6, 6.07) is 6.46. The van der Waals surface area contributed by atoms with E-state index in [4.69, 9.17) is 14.5 Å². The van der Waals surface area contributed by atoms with Crippen LogP contribution >= 0.6 is 24.0 Å². The SMILES string of the molecule is CCNC(=NCC(C1CC1)N(C)C)Nc1ccc2c(c1)OCCCO2.I. The molecule has 0 amide bonds. The molecule has 6 nitrogen and oxygen atoms in total. The Morgan fingerprint density at radius 1 is 1.23 bits per heavy atom. The Morgan fingerprint density at radius 3 is 2.62 bits per heavy atom. The molecule has 1 fully saturated rings. The average molecular weight is 474 g/mol. The zero-order chi connectivity index (χ0) is 17.6. The van der Waals surface area contributed by atoms with Crippen LogP contribution in [0.5, 0.6) is 11.5 Å². The van der Waals surface area contributed by atoms with Crippen molar-refractivity contribution < 1.29 is 9.47 Å². The Morgan fingerprint density at radius 2 is 1.96 bits per heavy atom. The van der Waals surface area contributed by atoms with E-state index in [9.17, 15) is 0 Å². The highest BCUT2D eigenvalue weighted by atomic mass is 127. The first kappa shape index (κ1) is 21.1. The minimum absolute atomic E-state index is 0. The molecule has 1 heterocycles. The van der Waals surface area contributed by atoms with Crippen LogP contribution in [0.2, 0.25) is 0 Å². The van der Waals surface area contributed by atoms with E-state index in [1.54, 1.807) is 0 Å². The van der Waals surface area contributed by atoms with Crippen molar-refractivity contribution in [3.8, 4) is 11.5 Å². The van der Waals surface area contributed by atoms with E-state index >= 15 is 0 Å². The van der Waals surface area contributed by atoms with Gasteiger partial charge < -0.3 is 25.0 Å². The fraction of sp³-hybridized carbons (Fsp3) is 0.632. The van der Waals surface area contributed by atoms with Gasteiger partial charge in [0.2, 0.25) is 0 Å². The lowest BCUT2D eigenvalue weighted by Gasteiger charge is -2.23. The van der Waals surface area contributed by atoms with Crippen LogP contribution in [-0.2, 0) is 0 Å². The van der Waals surface area contributed by atoms with Crippen molar-refractivity contribution in [2.75, 3.05) is 45.7 Å². The molecule has 1 saturated carbocycles. The van der Waals surface area contributed by atoms with Gasteiger partial charge in [-0.1, -0.05) is 0 Å². The van der Waals surface area contributed by atoms with Crippen LogP contribution in [-0.4, -0.2) is 57.3 Å². The normalized spacial score (nSPS) is 17.9. The maximum Gasteiger partial charge on any atom is 0.195 e. The number of hydrogen-bond acceptors (Lipinski definition) is 4. The Bertz CT molecular complexity index is 603. The Hall–Kier alpha value is -1.22. The number of anilines is 1. The highest BCUT2D eigenvalue weighted by molar-refractivity contribution is 14.0. The summed E-state index contributed by atoms with van der Waals surface area (Å²) in [6.07, 6.45) is 3.56. The first-order valence-corrected chi connectivity index (χ1v) is 9.28. The van der Waals surface area contributed by atoms with E-state index in [-0.39, 0.29) is 24.0 Å². The molecule has 0 radical (unpaired) electrons. The smallest absolute Gasteiger partial charge is 0.195 e. The van der Waals surface area contributed by atoms with E-state index in [1.807, 2.05) is 18.2 Å². The maximum atomic E-state index is 5.77. The van der Waals surface area contributed by atoms with Gasteiger partial charge in [0.25, 0.3) is 0 Å². The molecule has 0 bridgehead atoms. The van der Waals surface area contributed by atoms with Crippen molar-refractivity contribution in [1.29, 1.82) is 0 Å². The molecular formula is C19H31IN4O2. The number of nitrogens with zero attached hydrogens (tertiary/aromatic N) is 2. The molecule has 146 valence electrons. The molecule has 0 spiro atoms. The molecule has 1 aromatic carbocycles. The molecular weight excluding hydrogens is 443 g/mol. The van der Waals surface area contributed by atoms with Crippen LogP contribution in [0.15, 0.2) is 23.2 Å². The summed E-state index contributed by atoms with van der Waals surface area (Å²) in [6.45, 7) is 5.10. The Balaban J connectivity index is 0.00000243. The molecule has 26 heavy (non-hydrogen) atoms. The number of rotatable bonds is 6. The number of halogens is 1. The molecule has 7 heteroatoms. The quantitative estimate of drug-likeness (QED) is 0.377. The molecule has 3 rings (SSSR count). The summed E-state index contributed by atoms with van der Waals surface area (Å²) in [4.78, 5) is 7.09. The minimum atomic E-state index is 0. The van der Waals surface area contributed by atoms with Gasteiger partial charge in [-0.15, -0.1) is 24.0 Å². The standard InChI is InChI=1S/C19H30N4O2.HI/c1-4-20-19(21-13-16(23(2)3)14-6-7-14)22-15-8-9-17-18(12-15)25-11-5-10-24-17;/h8-9,12,14,16H,4-7,10-11,13H2,1-3H3,(H2,20,21,22);1H. The van der Waals surface area contributed by atoms with Crippen LogP contribution in [0.4, 0.5) is 5.69 Å². The van der Waals surface area contributed by atoms with Gasteiger partial charge in [0, 0.05) is 30.8 Å². The third-order valence-electron chi connectivity index (χ3n) is 4.62. The van der Waals surface area contributed by atoms with E-state index < -0.39 is 0 Å². The van der Waals surface area contributed by atoms with E-state index in [0.717, 1.165) is 48.6 Å². The van der Waals surface area contributed by atoms with Crippen LogP contribution in [0.3, 0.4) is 0 Å². The van der Waals surface area contributed by atoms with Gasteiger partial charge in [-0.3, -0.25) is 4.99 Å². The predicted octanol–water partition coefficient (Wildman–Crippen LogP) is 3.18. The first-order chi connectivity index (χ1) is 12.2. The number of ether oxygens (including phenoxy) is 2. The molecule has 1 unspecified atom stereocenters. The van der Waals surface area contributed by atoms with Crippen molar-refractivity contribution in [3.63, 3.8) is 0 Å². The number of hydrogen-bond donors (Lipinski definition) is 2. The molecule has 1 aliphatic carbocycles. The van der Waals surface area contributed by atoms with Gasteiger partial charge in [-0.05, 0) is 51.9 Å². The maximum absolute atomic E-state index is 5.77. The highest BCUT2D eigenvalue weighted by Crippen LogP contribution is 2.35. The molecule has 0 saturated heterocycles. The topological polar surface area (TPSA) is 58.1 Å². The second kappa shape index (κ2) is 10.2. The van der Waals surface area contributed by atoms with Crippen molar-refractivity contribution >= 4 is 35.6 Å². The lowest BCUT2D eigenvalue weighted by Crippen LogP contribution is -2.36. The fourth-order valence-electron chi connectivity index (χ4n) is 3.08. The summed E-state index contributed by atoms with van der Waals surface area (Å²) in [7, 11) is 4.28. The van der Waals surface area contributed by atoms with Crippen LogP contribution in [0.1, 0.15) is 26.2 Å². The van der Waals surface area contributed by atoms with Crippen molar-refractivity contribution in [2.45, 2.75) is 32.2 Å². The number of guanidine groups is 1. The van der Waals surface area contributed by atoms with E-state index in [1.165, 1.54) is 12.8 Å². The summed E-state index contributed by atoms with van der Waals surface area (Å²) >= 11 is 0. The second-order valence-corrected chi connectivity index (χ2v) is 6.93. The second-order valence-electron chi connectivity index (χ2n) is 6.93. The minimum Gasteiger partial charge on any atom is -0.490 e. The Labute approximate surface area is 173 Å². The number of benzene rings is 1. The van der Waals surface area contributed by atoms with Crippen molar-refractivity contribution in [1.82, 2.24) is 10.2 Å². The fourth-order valence-corrected chi connectivity index (χ4v) is 3.08. The van der Waals surface area contributed by atoms with E-state index in [2.05, 4.69) is 36.6 Å². The van der Waals surface area contributed by atoms with Crippen LogP contribution < -0.4 is 20.1 Å². The number of aliphatic imine (C=N–C) groups is 1. The summed E-state index contributed by atoms with van der Waals surface area (Å²) in [5, 5.41) is 6.71. The highest BCUT2D eigenvalue weighted by Gasteiger charge is 2.32. The summed E-state index contributed by atoms with van der Waals surface area (Å²) < 4.78 is 11.5. The van der Waals surface area contributed by atoms with Gasteiger partial charge >= 0.3 is 0 Å². The zero-order valence-electron chi connectivity index (χ0n) is 16.0. The van der Waals surface area contributed by atoms with E-state index in [0.29, 0.717) is 19.3 Å². The number of fused-ring (bicyclic) bond motifs is 1. The van der Waals surface area contributed by atoms with Gasteiger partial charge in [-0.25, -0.2) is 0 Å². The molecule has 2 aliphatic rings. The number of nitrogens with one attached hydrogen (secondary N) is 2. The molecule has 0 aromatic heterocycles. The molecule has 1 atom stereocenters. The lowest BCUT2D eigenvalue weighted by atomic mass is 10.2. The molecule has 1 aliphatic heterocycles. The third kappa shape index (κ3) is 5.90.